The summed E-state index contributed by atoms with van der Waals surface area (Å²) in [7, 11) is 0. The van der Waals surface area contributed by atoms with Gasteiger partial charge in [0.15, 0.2) is 0 Å². The molecule has 1 aliphatic heterocycles. The van der Waals surface area contributed by atoms with Crippen LogP contribution in [0, 0.1) is 0 Å². The molecular weight excluding hydrogens is 318 g/mol. The molecule has 6 heteroatoms. The van der Waals surface area contributed by atoms with Crippen LogP contribution in [0.1, 0.15) is 24.4 Å². The number of carbonyl (C=O) groups is 2. The predicted molar refractivity (Wildman–Crippen MR) is 96.5 cm³/mol. The lowest BCUT2D eigenvalue weighted by molar-refractivity contribution is -0.117. The number of amides is 3. The van der Waals surface area contributed by atoms with Crippen LogP contribution in [0.5, 0.6) is 0 Å². The highest BCUT2D eigenvalue weighted by atomic mass is 16.3. The minimum Gasteiger partial charge on any atom is -0.394 e. The zero-order valence-electron chi connectivity index (χ0n) is 13.8. The molecule has 6 nitrogen and oxygen atoms in total. The quantitative estimate of drug-likeness (QED) is 0.783. The zero-order chi connectivity index (χ0) is 17.6. The van der Waals surface area contributed by atoms with Crippen molar-refractivity contribution in [2.24, 2.45) is 0 Å². The molecule has 1 atom stereocenters. The van der Waals surface area contributed by atoms with Gasteiger partial charge in [-0.05, 0) is 36.2 Å². The minimum absolute atomic E-state index is 0.132. The minimum atomic E-state index is -0.470. The standard InChI is InChI=1S/C19H21N3O3/c23-13-17(14-5-2-1-3-6-14)21-19(25)20-15-8-10-16(11-9-15)22-12-4-7-18(22)24/h1-3,5-6,8-11,17,23H,4,7,12-13H2,(H2,20,21,25)/t17-/m1/s1. The van der Waals surface area contributed by atoms with E-state index in [4.69, 9.17) is 0 Å². The molecule has 0 bridgehead atoms. The molecule has 1 fully saturated rings. The number of anilines is 2. The van der Waals surface area contributed by atoms with Gasteiger partial charge in [0.2, 0.25) is 5.91 Å². The fraction of sp³-hybridized carbons (Fsp3) is 0.263. The summed E-state index contributed by atoms with van der Waals surface area (Å²) >= 11 is 0. The molecule has 0 aliphatic carbocycles. The van der Waals surface area contributed by atoms with Crippen molar-refractivity contribution in [2.75, 3.05) is 23.4 Å². The Morgan fingerprint density at radius 2 is 1.84 bits per heavy atom. The van der Waals surface area contributed by atoms with Gasteiger partial charge in [-0.15, -0.1) is 0 Å². The molecule has 3 N–H and O–H groups in total. The lowest BCUT2D eigenvalue weighted by Crippen LogP contribution is -2.34. The van der Waals surface area contributed by atoms with Crippen molar-refractivity contribution in [3.05, 3.63) is 60.2 Å². The van der Waals surface area contributed by atoms with Gasteiger partial charge in [-0.25, -0.2) is 4.79 Å². The molecule has 1 aliphatic rings. The van der Waals surface area contributed by atoms with Gasteiger partial charge in [0.1, 0.15) is 0 Å². The second-order valence-electron chi connectivity index (χ2n) is 5.94. The highest BCUT2D eigenvalue weighted by molar-refractivity contribution is 5.96. The monoisotopic (exact) mass is 339 g/mol. The number of carbonyl (C=O) groups excluding carboxylic acids is 2. The average Bonchev–Trinajstić information content (AvgIpc) is 3.07. The van der Waals surface area contributed by atoms with Crippen molar-refractivity contribution in [1.29, 1.82) is 0 Å². The van der Waals surface area contributed by atoms with Crippen molar-refractivity contribution in [3.8, 4) is 0 Å². The van der Waals surface area contributed by atoms with Crippen LogP contribution in [0.2, 0.25) is 0 Å². The fourth-order valence-corrected chi connectivity index (χ4v) is 2.89. The molecule has 1 heterocycles. The Morgan fingerprint density at radius 1 is 1.12 bits per heavy atom. The molecule has 0 spiro atoms. The van der Waals surface area contributed by atoms with Crippen LogP contribution in [0.15, 0.2) is 54.6 Å². The summed E-state index contributed by atoms with van der Waals surface area (Å²) < 4.78 is 0. The van der Waals surface area contributed by atoms with Crippen LogP contribution in [0.25, 0.3) is 0 Å². The topological polar surface area (TPSA) is 81.7 Å². The van der Waals surface area contributed by atoms with Gasteiger partial charge in [0.05, 0.1) is 12.6 Å². The maximum absolute atomic E-state index is 12.2. The number of nitrogens with zero attached hydrogens (tertiary/aromatic N) is 1. The van der Waals surface area contributed by atoms with E-state index >= 15 is 0 Å². The molecule has 0 radical (unpaired) electrons. The van der Waals surface area contributed by atoms with Crippen LogP contribution in [0.4, 0.5) is 16.2 Å². The summed E-state index contributed by atoms with van der Waals surface area (Å²) in [6, 6.07) is 15.6. The van der Waals surface area contributed by atoms with E-state index < -0.39 is 12.1 Å². The molecule has 0 saturated carbocycles. The Balaban J connectivity index is 1.60. The molecule has 2 aromatic carbocycles. The van der Waals surface area contributed by atoms with E-state index in [0.29, 0.717) is 12.1 Å². The van der Waals surface area contributed by atoms with Gasteiger partial charge in [-0.2, -0.15) is 0 Å². The summed E-state index contributed by atoms with van der Waals surface area (Å²) in [5, 5.41) is 15.0. The first-order valence-electron chi connectivity index (χ1n) is 8.31. The van der Waals surface area contributed by atoms with Crippen LogP contribution < -0.4 is 15.5 Å². The number of aliphatic hydroxyl groups excluding tert-OH is 1. The van der Waals surface area contributed by atoms with E-state index in [9.17, 15) is 14.7 Å². The largest absolute Gasteiger partial charge is 0.394 e. The van der Waals surface area contributed by atoms with Crippen molar-refractivity contribution in [3.63, 3.8) is 0 Å². The van der Waals surface area contributed by atoms with Gasteiger partial charge >= 0.3 is 6.03 Å². The summed E-state index contributed by atoms with van der Waals surface area (Å²) in [5.41, 5.74) is 2.30. The van der Waals surface area contributed by atoms with E-state index in [-0.39, 0.29) is 12.5 Å². The first-order valence-corrected chi connectivity index (χ1v) is 8.31. The molecule has 0 aromatic heterocycles. The van der Waals surface area contributed by atoms with Crippen LogP contribution >= 0.6 is 0 Å². The Labute approximate surface area is 146 Å². The third-order valence-electron chi connectivity index (χ3n) is 4.20. The summed E-state index contributed by atoms with van der Waals surface area (Å²) in [6.45, 7) is 0.550. The number of rotatable bonds is 5. The maximum atomic E-state index is 12.2. The van der Waals surface area contributed by atoms with Gasteiger partial charge in [0.25, 0.3) is 0 Å². The number of nitrogens with one attached hydrogen (secondary N) is 2. The predicted octanol–water partition coefficient (Wildman–Crippen LogP) is 2.67. The zero-order valence-corrected chi connectivity index (χ0v) is 13.8. The van der Waals surface area contributed by atoms with Crippen molar-refractivity contribution < 1.29 is 14.7 Å². The average molecular weight is 339 g/mol. The fourth-order valence-electron chi connectivity index (χ4n) is 2.89. The number of aliphatic hydroxyl groups is 1. The highest BCUT2D eigenvalue weighted by Crippen LogP contribution is 2.23. The lowest BCUT2D eigenvalue weighted by Gasteiger charge is -2.18. The highest BCUT2D eigenvalue weighted by Gasteiger charge is 2.21. The van der Waals surface area contributed by atoms with Crippen LogP contribution in [-0.4, -0.2) is 30.2 Å². The smallest absolute Gasteiger partial charge is 0.319 e. The summed E-state index contributed by atoms with van der Waals surface area (Å²) in [6.07, 6.45) is 1.47. The molecule has 0 unspecified atom stereocenters. The van der Waals surface area contributed by atoms with Gasteiger partial charge in [-0.1, -0.05) is 30.3 Å². The van der Waals surface area contributed by atoms with Gasteiger partial charge < -0.3 is 20.6 Å². The Bertz CT molecular complexity index is 731. The molecular formula is C19H21N3O3. The van der Waals surface area contributed by atoms with Crippen LogP contribution in [-0.2, 0) is 4.79 Å². The third-order valence-corrected chi connectivity index (χ3v) is 4.20. The van der Waals surface area contributed by atoms with E-state index in [2.05, 4.69) is 10.6 Å². The van der Waals surface area contributed by atoms with E-state index in [0.717, 1.165) is 24.2 Å². The van der Waals surface area contributed by atoms with E-state index in [1.165, 1.54) is 0 Å². The molecule has 1 saturated heterocycles. The maximum Gasteiger partial charge on any atom is 0.319 e. The molecule has 3 amide bonds. The number of benzene rings is 2. The number of hydrogen-bond acceptors (Lipinski definition) is 3. The molecule has 2 aromatic rings. The summed E-state index contributed by atoms with van der Waals surface area (Å²) in [4.78, 5) is 25.7. The van der Waals surface area contributed by atoms with E-state index in [1.807, 2.05) is 42.5 Å². The molecule has 3 rings (SSSR count). The molecule has 130 valence electrons. The Morgan fingerprint density at radius 3 is 2.44 bits per heavy atom. The number of hydrogen-bond donors (Lipinski definition) is 3. The SMILES string of the molecule is O=C(Nc1ccc(N2CCCC2=O)cc1)N[C@H](CO)c1ccccc1. The second kappa shape index (κ2) is 7.81. The van der Waals surface area contributed by atoms with Crippen molar-refractivity contribution >= 4 is 23.3 Å². The van der Waals surface area contributed by atoms with E-state index in [1.54, 1.807) is 17.0 Å². The van der Waals surface area contributed by atoms with Crippen LogP contribution in [0.3, 0.4) is 0 Å². The number of urea groups is 1. The first kappa shape index (κ1) is 17.0. The third kappa shape index (κ3) is 4.16. The second-order valence-corrected chi connectivity index (χ2v) is 5.94. The van der Waals surface area contributed by atoms with Gasteiger partial charge in [0, 0.05) is 24.3 Å². The normalized spacial score (nSPS) is 15.1. The lowest BCUT2D eigenvalue weighted by atomic mass is 10.1. The Kier molecular flexibility index (Phi) is 5.30. The van der Waals surface area contributed by atoms with Crippen molar-refractivity contribution in [2.45, 2.75) is 18.9 Å². The van der Waals surface area contributed by atoms with Crippen molar-refractivity contribution in [1.82, 2.24) is 5.32 Å². The first-order chi connectivity index (χ1) is 12.2. The Hall–Kier alpha value is -2.86. The van der Waals surface area contributed by atoms with Gasteiger partial charge in [-0.3, -0.25) is 4.79 Å². The summed E-state index contributed by atoms with van der Waals surface area (Å²) in [5.74, 6) is 0.132. The molecule has 25 heavy (non-hydrogen) atoms.